The van der Waals surface area contributed by atoms with Gasteiger partial charge in [-0.3, -0.25) is 18.6 Å². The predicted molar refractivity (Wildman–Crippen MR) is 233 cm³/mol. The Bertz CT molecular complexity index is 1280. The summed E-state index contributed by atoms with van der Waals surface area (Å²) in [6, 6.07) is 0. The third-order valence-corrected chi connectivity index (χ3v) is 9.60. The number of phosphoric ester groups is 1. The Morgan fingerprint density at radius 2 is 1.21 bits per heavy atom. The number of rotatable bonds is 38. The number of nitrogens with two attached hydrogens (primary N) is 1. The lowest BCUT2D eigenvalue weighted by Crippen LogP contribution is -2.29. The molecule has 6 N–H and O–H groups in total. The highest BCUT2D eigenvalue weighted by Crippen LogP contribution is 2.43. The lowest BCUT2D eigenvalue weighted by atomic mass is 10.1. The zero-order valence-corrected chi connectivity index (χ0v) is 36.2. The van der Waals surface area contributed by atoms with Crippen molar-refractivity contribution in [2.24, 2.45) is 5.73 Å². The molecule has 0 heterocycles. The maximum atomic E-state index is 12.6. The Balaban J connectivity index is 4.60. The Labute approximate surface area is 349 Å². The fourth-order valence-electron chi connectivity index (χ4n) is 5.27. The minimum Gasteiger partial charge on any atom is -0.462 e. The van der Waals surface area contributed by atoms with Gasteiger partial charge in [0.25, 0.3) is 0 Å². The number of ether oxygens (including phenoxy) is 2. The van der Waals surface area contributed by atoms with Crippen molar-refractivity contribution in [2.75, 3.05) is 26.4 Å². The molecule has 58 heavy (non-hydrogen) atoms. The number of carbonyl (C=O) groups excluding carboxylic acids is 2. The summed E-state index contributed by atoms with van der Waals surface area (Å²) in [6.45, 7) is 3.14. The van der Waals surface area contributed by atoms with Crippen LogP contribution in [-0.4, -0.2) is 82.9 Å². The number of carbonyl (C=O) groups is 2. The second-order valence-electron chi connectivity index (χ2n) is 14.1. The monoisotopic (exact) mass is 838 g/mol. The SMILES string of the molecule is CCCCCCCC/C=C\C/C=C\C/C=C\CCCC(=O)O[C@H](COC(=O)CCC[C@@H](O)[C@H](O)/C=C/C=C/C=C\C=C\[C@H](O)CCCCC)COP(=O)(O)OCCN. The smallest absolute Gasteiger partial charge is 0.462 e. The molecule has 0 bridgehead atoms. The number of esters is 2. The van der Waals surface area contributed by atoms with Gasteiger partial charge in [-0.2, -0.15) is 0 Å². The molecule has 0 radical (unpaired) electrons. The number of allylic oxidation sites excluding steroid dienone is 12. The van der Waals surface area contributed by atoms with Crippen LogP contribution in [0.15, 0.2) is 85.1 Å². The number of hydrogen-bond donors (Lipinski definition) is 5. The Hall–Kier alpha value is -2.93. The molecule has 13 heteroatoms. The summed E-state index contributed by atoms with van der Waals surface area (Å²) >= 11 is 0. The van der Waals surface area contributed by atoms with E-state index in [0.717, 1.165) is 44.9 Å². The molecule has 0 saturated carbocycles. The molecule has 12 nitrogen and oxygen atoms in total. The average Bonchev–Trinajstić information content (AvgIpc) is 3.20. The number of hydrogen-bond acceptors (Lipinski definition) is 11. The van der Waals surface area contributed by atoms with Crippen LogP contribution in [-0.2, 0) is 32.7 Å². The van der Waals surface area contributed by atoms with Crippen molar-refractivity contribution in [1.82, 2.24) is 0 Å². The van der Waals surface area contributed by atoms with Gasteiger partial charge in [0.2, 0.25) is 0 Å². The Kier molecular flexibility index (Phi) is 37.5. The topological polar surface area (TPSA) is 195 Å². The van der Waals surface area contributed by atoms with E-state index in [1.165, 1.54) is 44.6 Å². The standard InChI is InChI=1S/C45H76NO11P/c1-3-5-7-8-9-10-11-12-13-14-15-16-17-18-19-24-28-34-45(51)57-41(39-56-58(52,53)55-37-36-46)38-54-44(50)35-29-33-43(49)42(48)32-27-23-21-20-22-26-31-40(47)30-25-6-4-2/h12-13,15-16,18-23,26-27,31-32,40-43,47-49H,3-11,14,17,24-25,28-30,33-39,46H2,1-2H3,(H,52,53)/b13-12-,16-15-,19-18-,22-20-,23-21+,31-26+,32-27+/t40-,41-,42-,43-/m1/s1. The van der Waals surface area contributed by atoms with Crippen molar-refractivity contribution >= 4 is 19.8 Å². The molecule has 0 fully saturated rings. The lowest BCUT2D eigenvalue weighted by Gasteiger charge is -2.20. The van der Waals surface area contributed by atoms with Crippen LogP contribution in [0.1, 0.15) is 136 Å². The van der Waals surface area contributed by atoms with Gasteiger partial charge in [0.1, 0.15) is 6.61 Å². The highest BCUT2D eigenvalue weighted by molar-refractivity contribution is 7.47. The zero-order valence-electron chi connectivity index (χ0n) is 35.3. The normalized spacial score (nSPS) is 15.8. The van der Waals surface area contributed by atoms with Crippen LogP contribution in [0.5, 0.6) is 0 Å². The largest absolute Gasteiger partial charge is 0.472 e. The molecule has 0 spiro atoms. The molecule has 0 amide bonds. The molecular formula is C45H76NO11P. The van der Waals surface area contributed by atoms with Crippen LogP contribution in [0.4, 0.5) is 0 Å². The zero-order chi connectivity index (χ0) is 43.0. The summed E-state index contributed by atoms with van der Waals surface area (Å²) in [5.74, 6) is -1.23. The molecule has 1 unspecified atom stereocenters. The fraction of sp³-hybridized carbons (Fsp3) is 0.644. The number of phosphoric acid groups is 1. The van der Waals surface area contributed by atoms with Crippen molar-refractivity contribution in [3.05, 3.63) is 85.1 Å². The molecular weight excluding hydrogens is 761 g/mol. The average molecular weight is 838 g/mol. The van der Waals surface area contributed by atoms with E-state index < -0.39 is 57.4 Å². The van der Waals surface area contributed by atoms with Crippen LogP contribution in [0.2, 0.25) is 0 Å². The first-order valence-corrected chi connectivity index (χ1v) is 22.9. The summed E-state index contributed by atoms with van der Waals surface area (Å²) < 4.78 is 32.4. The van der Waals surface area contributed by atoms with Crippen LogP contribution in [0.25, 0.3) is 0 Å². The third-order valence-electron chi connectivity index (χ3n) is 8.62. The Morgan fingerprint density at radius 3 is 1.88 bits per heavy atom. The van der Waals surface area contributed by atoms with Crippen molar-refractivity contribution in [3.8, 4) is 0 Å². The fourth-order valence-corrected chi connectivity index (χ4v) is 6.03. The second kappa shape index (κ2) is 39.5. The van der Waals surface area contributed by atoms with Gasteiger partial charge in [-0.25, -0.2) is 4.57 Å². The number of aliphatic hydroxyl groups is 3. The van der Waals surface area contributed by atoms with E-state index in [4.69, 9.17) is 24.3 Å². The van der Waals surface area contributed by atoms with Crippen molar-refractivity contribution in [1.29, 1.82) is 0 Å². The quantitative estimate of drug-likeness (QED) is 0.0130. The van der Waals surface area contributed by atoms with Crippen LogP contribution >= 0.6 is 7.82 Å². The molecule has 0 aromatic carbocycles. The minimum atomic E-state index is -4.48. The lowest BCUT2D eigenvalue weighted by molar-refractivity contribution is -0.161. The summed E-state index contributed by atoms with van der Waals surface area (Å²) in [6.07, 6.45) is 38.5. The predicted octanol–water partition coefficient (Wildman–Crippen LogP) is 8.96. The molecule has 0 aliphatic carbocycles. The maximum absolute atomic E-state index is 12.6. The van der Waals surface area contributed by atoms with Gasteiger partial charge in [0.05, 0.1) is 31.5 Å². The first kappa shape index (κ1) is 55.1. The van der Waals surface area contributed by atoms with E-state index in [1.807, 2.05) is 12.2 Å². The van der Waals surface area contributed by atoms with E-state index in [2.05, 4.69) is 38.2 Å². The summed E-state index contributed by atoms with van der Waals surface area (Å²) in [5.41, 5.74) is 5.32. The van der Waals surface area contributed by atoms with E-state index in [0.29, 0.717) is 12.8 Å². The molecule has 0 aromatic heterocycles. The molecule has 0 aliphatic rings. The van der Waals surface area contributed by atoms with Gasteiger partial charge in [0.15, 0.2) is 6.10 Å². The maximum Gasteiger partial charge on any atom is 0.472 e. The summed E-state index contributed by atoms with van der Waals surface area (Å²) in [7, 11) is -4.48. The minimum absolute atomic E-state index is 0.00747. The number of aliphatic hydroxyl groups excluding tert-OH is 3. The summed E-state index contributed by atoms with van der Waals surface area (Å²) in [5, 5.41) is 30.4. The van der Waals surface area contributed by atoms with E-state index in [1.54, 1.807) is 42.5 Å². The second-order valence-corrected chi connectivity index (χ2v) is 15.5. The highest BCUT2D eigenvalue weighted by Gasteiger charge is 2.26. The first-order valence-electron chi connectivity index (χ1n) is 21.4. The molecule has 0 aromatic rings. The van der Waals surface area contributed by atoms with E-state index >= 15 is 0 Å². The third kappa shape index (κ3) is 37.3. The highest BCUT2D eigenvalue weighted by atomic mass is 31.2. The Morgan fingerprint density at radius 1 is 0.638 bits per heavy atom. The van der Waals surface area contributed by atoms with Gasteiger partial charge in [0, 0.05) is 19.4 Å². The van der Waals surface area contributed by atoms with Crippen LogP contribution in [0.3, 0.4) is 0 Å². The van der Waals surface area contributed by atoms with Crippen molar-refractivity contribution < 1.29 is 52.9 Å². The van der Waals surface area contributed by atoms with E-state index in [9.17, 15) is 34.4 Å². The molecule has 0 saturated heterocycles. The van der Waals surface area contributed by atoms with Gasteiger partial charge < -0.3 is 35.4 Å². The van der Waals surface area contributed by atoms with Gasteiger partial charge in [-0.05, 0) is 57.8 Å². The van der Waals surface area contributed by atoms with Crippen molar-refractivity contribution in [3.63, 3.8) is 0 Å². The molecule has 0 aliphatic heterocycles. The molecule has 332 valence electrons. The number of unbranched alkanes of at least 4 members (excludes halogenated alkanes) is 9. The van der Waals surface area contributed by atoms with Gasteiger partial charge in [-0.15, -0.1) is 0 Å². The van der Waals surface area contributed by atoms with E-state index in [-0.39, 0.29) is 38.8 Å². The molecule has 5 atom stereocenters. The molecule has 0 rings (SSSR count). The van der Waals surface area contributed by atoms with Gasteiger partial charge >= 0.3 is 19.8 Å². The van der Waals surface area contributed by atoms with Crippen LogP contribution < -0.4 is 5.73 Å². The van der Waals surface area contributed by atoms with Gasteiger partial charge in [-0.1, -0.05) is 150 Å². The van der Waals surface area contributed by atoms with Crippen molar-refractivity contribution in [2.45, 2.75) is 160 Å². The summed E-state index contributed by atoms with van der Waals surface area (Å²) in [4.78, 5) is 34.9. The van der Waals surface area contributed by atoms with Crippen LogP contribution in [0, 0.1) is 0 Å². The first-order chi connectivity index (χ1) is 28.0.